The van der Waals surface area contributed by atoms with E-state index in [9.17, 15) is 18.4 Å². The number of carbonyl (C=O) groups is 2. The molecule has 0 aliphatic carbocycles. The number of hydrogen-bond donors (Lipinski definition) is 1. The summed E-state index contributed by atoms with van der Waals surface area (Å²) in [5.74, 6) is -2.11. The fraction of sp³-hybridized carbons (Fsp3) is 0.222. The van der Waals surface area contributed by atoms with Crippen LogP contribution in [0.15, 0.2) is 36.4 Å². The minimum atomic E-state index is -0.787. The molecule has 0 aromatic heterocycles. The van der Waals surface area contributed by atoms with Crippen LogP contribution in [-0.2, 0) is 4.79 Å². The van der Waals surface area contributed by atoms with E-state index in [-0.39, 0.29) is 11.5 Å². The summed E-state index contributed by atoms with van der Waals surface area (Å²) in [4.78, 5) is 25.6. The van der Waals surface area contributed by atoms with Crippen LogP contribution in [0, 0.1) is 18.6 Å². The van der Waals surface area contributed by atoms with Crippen LogP contribution in [0.3, 0.4) is 0 Å². The molecule has 4 nitrogen and oxygen atoms in total. The number of hydrogen-bond acceptors (Lipinski definition) is 2. The van der Waals surface area contributed by atoms with Gasteiger partial charge in [0.25, 0.3) is 5.91 Å². The molecule has 1 fully saturated rings. The summed E-state index contributed by atoms with van der Waals surface area (Å²) in [6.07, 6.45) is 1.37. The second kappa shape index (κ2) is 6.39. The van der Waals surface area contributed by atoms with Crippen molar-refractivity contribution in [1.82, 2.24) is 0 Å². The van der Waals surface area contributed by atoms with Crippen LogP contribution >= 0.6 is 0 Å². The summed E-state index contributed by atoms with van der Waals surface area (Å²) in [5, 5.41) is 2.55. The monoisotopic (exact) mass is 330 g/mol. The van der Waals surface area contributed by atoms with Crippen LogP contribution in [0.25, 0.3) is 0 Å². The van der Waals surface area contributed by atoms with Gasteiger partial charge in [-0.25, -0.2) is 8.78 Å². The molecule has 24 heavy (non-hydrogen) atoms. The van der Waals surface area contributed by atoms with Gasteiger partial charge < -0.3 is 10.2 Å². The predicted octanol–water partition coefficient (Wildman–Crippen LogP) is 3.65. The third-order valence-electron chi connectivity index (χ3n) is 3.99. The van der Waals surface area contributed by atoms with Gasteiger partial charge in [-0.1, -0.05) is 0 Å². The molecule has 0 saturated carbocycles. The lowest BCUT2D eigenvalue weighted by Gasteiger charge is -2.19. The summed E-state index contributed by atoms with van der Waals surface area (Å²) in [6.45, 7) is 2.51. The number of carbonyl (C=O) groups excluding carboxylic acids is 2. The molecular formula is C18H16F2N2O2. The molecule has 1 saturated heterocycles. The zero-order valence-electron chi connectivity index (χ0n) is 13.1. The average Bonchev–Trinajstić information content (AvgIpc) is 2.96. The van der Waals surface area contributed by atoms with Crippen molar-refractivity contribution in [3.8, 4) is 0 Å². The van der Waals surface area contributed by atoms with Gasteiger partial charge in [-0.2, -0.15) is 0 Å². The Labute approximate surface area is 138 Å². The molecule has 0 spiro atoms. The lowest BCUT2D eigenvalue weighted by atomic mass is 10.1. The van der Waals surface area contributed by atoms with Gasteiger partial charge in [0.05, 0.1) is 5.56 Å². The van der Waals surface area contributed by atoms with Gasteiger partial charge in [0.1, 0.15) is 11.6 Å². The smallest absolute Gasteiger partial charge is 0.258 e. The number of aryl methyl sites for hydroxylation is 1. The van der Waals surface area contributed by atoms with Crippen molar-refractivity contribution in [1.29, 1.82) is 0 Å². The summed E-state index contributed by atoms with van der Waals surface area (Å²) in [7, 11) is 0. The van der Waals surface area contributed by atoms with E-state index in [1.165, 1.54) is 0 Å². The molecule has 1 heterocycles. The Balaban J connectivity index is 1.81. The highest BCUT2D eigenvalue weighted by Crippen LogP contribution is 2.27. The standard InChI is InChI=1S/C18H16F2N2O2/c1-11-9-13(5-7-16(11)22-8-2-3-17(22)23)21-18(24)14-10-12(19)4-6-15(14)20/h4-7,9-10H,2-3,8H2,1H3,(H,21,24). The van der Waals surface area contributed by atoms with Crippen LogP contribution in [0.5, 0.6) is 0 Å². The quantitative estimate of drug-likeness (QED) is 0.934. The Morgan fingerprint density at radius 1 is 1.17 bits per heavy atom. The lowest BCUT2D eigenvalue weighted by Crippen LogP contribution is -2.24. The zero-order chi connectivity index (χ0) is 17.3. The van der Waals surface area contributed by atoms with Crippen LogP contribution < -0.4 is 10.2 Å². The Bertz CT molecular complexity index is 821. The normalized spacial score (nSPS) is 14.1. The maximum absolute atomic E-state index is 13.6. The Kier molecular flexibility index (Phi) is 4.29. The zero-order valence-corrected chi connectivity index (χ0v) is 13.1. The Hall–Kier alpha value is -2.76. The molecule has 0 bridgehead atoms. The van der Waals surface area contributed by atoms with Crippen molar-refractivity contribution >= 4 is 23.2 Å². The van der Waals surface area contributed by atoms with Crippen LogP contribution in [0.4, 0.5) is 20.2 Å². The van der Waals surface area contributed by atoms with E-state index >= 15 is 0 Å². The second-order valence-corrected chi connectivity index (χ2v) is 5.73. The Morgan fingerprint density at radius 3 is 2.62 bits per heavy atom. The fourth-order valence-corrected chi connectivity index (χ4v) is 2.81. The maximum atomic E-state index is 13.6. The highest BCUT2D eigenvalue weighted by atomic mass is 19.1. The average molecular weight is 330 g/mol. The first kappa shape index (κ1) is 16.1. The predicted molar refractivity (Wildman–Crippen MR) is 87.1 cm³/mol. The van der Waals surface area contributed by atoms with Gasteiger partial charge in [0.2, 0.25) is 5.91 Å². The molecule has 0 atom stereocenters. The van der Waals surface area contributed by atoms with Crippen molar-refractivity contribution in [3.05, 3.63) is 59.2 Å². The van der Waals surface area contributed by atoms with Crippen molar-refractivity contribution in [2.75, 3.05) is 16.8 Å². The van der Waals surface area contributed by atoms with Crippen molar-refractivity contribution in [2.24, 2.45) is 0 Å². The fourth-order valence-electron chi connectivity index (χ4n) is 2.81. The first-order chi connectivity index (χ1) is 11.5. The summed E-state index contributed by atoms with van der Waals surface area (Å²) in [5.41, 5.74) is 1.72. The van der Waals surface area contributed by atoms with Gasteiger partial charge in [0, 0.05) is 24.3 Å². The maximum Gasteiger partial charge on any atom is 0.258 e. The molecule has 0 unspecified atom stereocenters. The number of anilines is 2. The first-order valence-electron chi connectivity index (χ1n) is 7.63. The van der Waals surface area contributed by atoms with E-state index in [4.69, 9.17) is 0 Å². The molecule has 2 amide bonds. The number of nitrogens with one attached hydrogen (secondary N) is 1. The van der Waals surface area contributed by atoms with Crippen molar-refractivity contribution in [3.63, 3.8) is 0 Å². The molecule has 2 aromatic rings. The van der Waals surface area contributed by atoms with E-state index in [1.54, 1.807) is 23.1 Å². The third kappa shape index (κ3) is 3.13. The second-order valence-electron chi connectivity index (χ2n) is 5.73. The number of benzene rings is 2. The summed E-state index contributed by atoms with van der Waals surface area (Å²) < 4.78 is 26.8. The minimum Gasteiger partial charge on any atom is -0.322 e. The molecule has 0 radical (unpaired) electrons. The van der Waals surface area contributed by atoms with Gasteiger partial charge in [-0.05, 0) is 55.3 Å². The molecule has 3 rings (SSSR count). The SMILES string of the molecule is Cc1cc(NC(=O)c2cc(F)ccc2F)ccc1N1CCCC1=O. The summed E-state index contributed by atoms with van der Waals surface area (Å²) >= 11 is 0. The van der Waals surface area contributed by atoms with Crippen molar-refractivity contribution in [2.45, 2.75) is 19.8 Å². The van der Waals surface area contributed by atoms with Crippen LogP contribution in [-0.4, -0.2) is 18.4 Å². The van der Waals surface area contributed by atoms with Gasteiger partial charge in [-0.15, -0.1) is 0 Å². The number of halogens is 2. The van der Waals surface area contributed by atoms with E-state index in [2.05, 4.69) is 5.32 Å². The lowest BCUT2D eigenvalue weighted by molar-refractivity contribution is -0.117. The van der Waals surface area contributed by atoms with E-state index in [0.29, 0.717) is 18.7 Å². The number of amides is 2. The minimum absolute atomic E-state index is 0.0803. The third-order valence-corrected chi connectivity index (χ3v) is 3.99. The molecule has 2 aromatic carbocycles. The molecule has 6 heteroatoms. The van der Waals surface area contributed by atoms with Crippen LogP contribution in [0.2, 0.25) is 0 Å². The van der Waals surface area contributed by atoms with E-state index in [0.717, 1.165) is 35.9 Å². The topological polar surface area (TPSA) is 49.4 Å². The largest absolute Gasteiger partial charge is 0.322 e. The van der Waals surface area contributed by atoms with E-state index < -0.39 is 17.5 Å². The first-order valence-corrected chi connectivity index (χ1v) is 7.63. The number of nitrogens with zero attached hydrogens (tertiary/aromatic N) is 1. The molecule has 1 aliphatic heterocycles. The highest BCUT2D eigenvalue weighted by molar-refractivity contribution is 6.04. The molecule has 1 N–H and O–H groups in total. The van der Waals surface area contributed by atoms with Crippen LogP contribution in [0.1, 0.15) is 28.8 Å². The number of rotatable bonds is 3. The van der Waals surface area contributed by atoms with Gasteiger partial charge >= 0.3 is 0 Å². The molecule has 1 aliphatic rings. The molecule has 124 valence electrons. The molecular weight excluding hydrogens is 314 g/mol. The van der Waals surface area contributed by atoms with Crippen molar-refractivity contribution < 1.29 is 18.4 Å². The highest BCUT2D eigenvalue weighted by Gasteiger charge is 2.23. The summed E-state index contributed by atoms with van der Waals surface area (Å²) in [6, 6.07) is 7.82. The van der Waals surface area contributed by atoms with E-state index in [1.807, 2.05) is 6.92 Å². The van der Waals surface area contributed by atoms with Gasteiger partial charge in [0.15, 0.2) is 0 Å². The van der Waals surface area contributed by atoms with Gasteiger partial charge in [-0.3, -0.25) is 9.59 Å². The Morgan fingerprint density at radius 2 is 1.96 bits per heavy atom.